The van der Waals surface area contributed by atoms with Crippen molar-refractivity contribution in [3.05, 3.63) is 63.2 Å². The van der Waals surface area contributed by atoms with Crippen molar-refractivity contribution in [3.63, 3.8) is 0 Å². The molecular formula is C20H16BrFN2O4S. The molecule has 0 radical (unpaired) electrons. The van der Waals surface area contributed by atoms with Crippen LogP contribution in [0.1, 0.15) is 12.5 Å². The summed E-state index contributed by atoms with van der Waals surface area (Å²) < 4.78 is 19.3. The minimum atomic E-state index is -0.559. The molecule has 0 atom stereocenters. The number of benzene rings is 2. The number of anilines is 1. The van der Waals surface area contributed by atoms with E-state index in [2.05, 4.69) is 21.2 Å². The van der Waals surface area contributed by atoms with E-state index in [9.17, 15) is 18.8 Å². The molecule has 1 heterocycles. The third-order valence-electron chi connectivity index (χ3n) is 3.86. The van der Waals surface area contributed by atoms with Crippen molar-refractivity contribution in [2.24, 2.45) is 0 Å². The highest BCUT2D eigenvalue weighted by atomic mass is 79.9. The molecule has 3 amide bonds. The quantitative estimate of drug-likeness (QED) is 0.610. The second-order valence-corrected chi connectivity index (χ2v) is 7.85. The average Bonchev–Trinajstić information content (AvgIpc) is 2.93. The summed E-state index contributed by atoms with van der Waals surface area (Å²) in [5.74, 6) is -0.969. The number of amides is 3. The van der Waals surface area contributed by atoms with Gasteiger partial charge < -0.3 is 10.1 Å². The Labute approximate surface area is 179 Å². The smallest absolute Gasteiger partial charge is 0.294 e. The first-order valence-electron chi connectivity index (χ1n) is 8.60. The first kappa shape index (κ1) is 21.1. The molecule has 0 aromatic heterocycles. The third-order valence-corrected chi connectivity index (χ3v) is 5.26. The lowest BCUT2D eigenvalue weighted by molar-refractivity contribution is -0.127. The minimum absolute atomic E-state index is 0.198. The molecule has 29 heavy (non-hydrogen) atoms. The van der Waals surface area contributed by atoms with E-state index in [0.717, 1.165) is 21.1 Å². The lowest BCUT2D eigenvalue weighted by atomic mass is 10.2. The summed E-state index contributed by atoms with van der Waals surface area (Å²) in [6.07, 6.45) is 1.57. The van der Waals surface area contributed by atoms with Gasteiger partial charge in [0.2, 0.25) is 5.91 Å². The zero-order valence-electron chi connectivity index (χ0n) is 15.3. The van der Waals surface area contributed by atoms with E-state index in [-0.39, 0.29) is 4.91 Å². The van der Waals surface area contributed by atoms with E-state index in [4.69, 9.17) is 4.74 Å². The monoisotopic (exact) mass is 478 g/mol. The maximum Gasteiger partial charge on any atom is 0.294 e. The summed E-state index contributed by atoms with van der Waals surface area (Å²) in [6.45, 7) is 1.86. The zero-order valence-corrected chi connectivity index (χ0v) is 17.7. The molecule has 1 aliphatic rings. The summed E-state index contributed by atoms with van der Waals surface area (Å²) in [7, 11) is 0. The van der Waals surface area contributed by atoms with Crippen molar-refractivity contribution in [2.45, 2.75) is 6.92 Å². The minimum Gasteiger partial charge on any atom is -0.493 e. The number of hydrogen-bond donors (Lipinski definition) is 1. The maximum absolute atomic E-state index is 12.9. The number of carbonyl (C=O) groups excluding carboxylic acids is 3. The number of halogens is 2. The Morgan fingerprint density at radius 1 is 1.24 bits per heavy atom. The number of carbonyl (C=O) groups is 3. The molecule has 3 rings (SSSR count). The van der Waals surface area contributed by atoms with Crippen molar-refractivity contribution in [1.29, 1.82) is 0 Å². The lowest BCUT2D eigenvalue weighted by Gasteiger charge is -2.12. The van der Waals surface area contributed by atoms with Gasteiger partial charge in [-0.15, -0.1) is 0 Å². The van der Waals surface area contributed by atoms with Gasteiger partial charge >= 0.3 is 0 Å². The highest BCUT2D eigenvalue weighted by Crippen LogP contribution is 2.34. The number of ether oxygens (including phenoxy) is 1. The van der Waals surface area contributed by atoms with Gasteiger partial charge in [0.25, 0.3) is 11.1 Å². The zero-order chi connectivity index (χ0) is 21.0. The molecule has 1 N–H and O–H groups in total. The van der Waals surface area contributed by atoms with Crippen molar-refractivity contribution in [1.82, 2.24) is 4.90 Å². The van der Waals surface area contributed by atoms with Gasteiger partial charge in [0.1, 0.15) is 18.1 Å². The van der Waals surface area contributed by atoms with E-state index in [0.29, 0.717) is 23.6 Å². The van der Waals surface area contributed by atoms with Gasteiger partial charge in [0, 0.05) is 15.7 Å². The highest BCUT2D eigenvalue weighted by molar-refractivity contribution is 9.10. The first-order valence-corrected chi connectivity index (χ1v) is 10.2. The van der Waals surface area contributed by atoms with Crippen LogP contribution in [0.15, 0.2) is 51.8 Å². The van der Waals surface area contributed by atoms with E-state index in [1.54, 1.807) is 18.2 Å². The highest BCUT2D eigenvalue weighted by Gasteiger charge is 2.36. The number of thioether (sulfide) groups is 1. The summed E-state index contributed by atoms with van der Waals surface area (Å²) in [6, 6.07) is 10.5. The Balaban J connectivity index is 1.74. The van der Waals surface area contributed by atoms with Crippen molar-refractivity contribution in [3.8, 4) is 5.75 Å². The molecule has 0 spiro atoms. The normalized spacial score (nSPS) is 15.1. The topological polar surface area (TPSA) is 75.7 Å². The summed E-state index contributed by atoms with van der Waals surface area (Å²) in [4.78, 5) is 38.1. The van der Waals surface area contributed by atoms with Crippen LogP contribution in [0, 0.1) is 5.82 Å². The fourth-order valence-electron chi connectivity index (χ4n) is 2.57. The Hall–Kier alpha value is -2.65. The summed E-state index contributed by atoms with van der Waals surface area (Å²) >= 11 is 4.13. The lowest BCUT2D eigenvalue weighted by Crippen LogP contribution is -2.36. The summed E-state index contributed by atoms with van der Waals surface area (Å²) in [5.41, 5.74) is 1.01. The van der Waals surface area contributed by atoms with Gasteiger partial charge in [-0.05, 0) is 67.2 Å². The molecule has 1 fully saturated rings. The standard InChI is InChI=1S/C20H16BrFN2O4S/c1-2-28-16-8-3-13(21)9-12(16)10-17-19(26)24(20(27)29-17)11-18(25)23-15-6-4-14(22)5-7-15/h3-10H,2,11H2,1H3,(H,23,25)/b17-10-. The van der Waals surface area contributed by atoms with Gasteiger partial charge in [0.05, 0.1) is 11.5 Å². The molecule has 9 heteroatoms. The van der Waals surface area contributed by atoms with Crippen molar-refractivity contribution >= 4 is 56.5 Å². The SMILES string of the molecule is CCOc1ccc(Br)cc1/C=C1\SC(=O)N(CC(=O)Nc2ccc(F)cc2)C1=O. The number of rotatable bonds is 6. The average molecular weight is 479 g/mol. The molecule has 0 bridgehead atoms. The molecule has 0 unspecified atom stereocenters. The predicted octanol–water partition coefficient (Wildman–Crippen LogP) is 4.66. The number of nitrogens with zero attached hydrogens (tertiary/aromatic N) is 1. The van der Waals surface area contributed by atoms with Crippen LogP contribution in [0.5, 0.6) is 5.75 Å². The Bertz CT molecular complexity index is 994. The fraction of sp³-hybridized carbons (Fsp3) is 0.150. The molecule has 2 aromatic carbocycles. The first-order chi connectivity index (χ1) is 13.9. The number of hydrogen-bond acceptors (Lipinski definition) is 5. The van der Waals surface area contributed by atoms with Crippen LogP contribution in [-0.4, -0.2) is 35.1 Å². The molecule has 1 aliphatic heterocycles. The van der Waals surface area contributed by atoms with Gasteiger partial charge in [-0.3, -0.25) is 19.3 Å². The van der Waals surface area contributed by atoms with E-state index < -0.39 is 29.4 Å². The molecule has 0 saturated carbocycles. The molecule has 150 valence electrons. The van der Waals surface area contributed by atoms with Gasteiger partial charge in [-0.25, -0.2) is 4.39 Å². The second kappa shape index (κ2) is 9.23. The largest absolute Gasteiger partial charge is 0.493 e. The molecule has 1 saturated heterocycles. The van der Waals surface area contributed by atoms with Crippen LogP contribution in [0.25, 0.3) is 6.08 Å². The van der Waals surface area contributed by atoms with Crippen LogP contribution in [0.2, 0.25) is 0 Å². The van der Waals surface area contributed by atoms with Crippen LogP contribution in [-0.2, 0) is 9.59 Å². The van der Waals surface area contributed by atoms with Crippen LogP contribution < -0.4 is 10.1 Å². The Morgan fingerprint density at radius 2 is 1.97 bits per heavy atom. The van der Waals surface area contributed by atoms with Crippen molar-refractivity contribution in [2.75, 3.05) is 18.5 Å². The fourth-order valence-corrected chi connectivity index (χ4v) is 3.78. The van der Waals surface area contributed by atoms with E-state index in [1.165, 1.54) is 24.3 Å². The Morgan fingerprint density at radius 3 is 2.66 bits per heavy atom. The molecule has 2 aromatic rings. The van der Waals surface area contributed by atoms with E-state index >= 15 is 0 Å². The number of imide groups is 1. The molecular weight excluding hydrogens is 463 g/mol. The van der Waals surface area contributed by atoms with Crippen LogP contribution in [0.3, 0.4) is 0 Å². The molecule has 0 aliphatic carbocycles. The van der Waals surface area contributed by atoms with Gasteiger partial charge in [0.15, 0.2) is 0 Å². The van der Waals surface area contributed by atoms with E-state index in [1.807, 2.05) is 13.0 Å². The van der Waals surface area contributed by atoms with Gasteiger partial charge in [-0.1, -0.05) is 15.9 Å². The second-order valence-electron chi connectivity index (χ2n) is 5.94. The third kappa shape index (κ3) is 5.24. The van der Waals surface area contributed by atoms with Crippen LogP contribution >= 0.6 is 27.7 Å². The van der Waals surface area contributed by atoms with Gasteiger partial charge in [-0.2, -0.15) is 0 Å². The number of nitrogens with one attached hydrogen (secondary N) is 1. The molecule has 6 nitrogen and oxygen atoms in total. The predicted molar refractivity (Wildman–Crippen MR) is 113 cm³/mol. The van der Waals surface area contributed by atoms with Crippen molar-refractivity contribution < 1.29 is 23.5 Å². The maximum atomic E-state index is 12.9. The Kier molecular flexibility index (Phi) is 6.71. The summed E-state index contributed by atoms with van der Waals surface area (Å²) in [5, 5.41) is 1.99. The van der Waals surface area contributed by atoms with Crippen LogP contribution in [0.4, 0.5) is 14.9 Å².